The molecule has 3 N–H and O–H groups in total. The zero-order valence-electron chi connectivity index (χ0n) is 10.7. The van der Waals surface area contributed by atoms with Crippen LogP contribution in [0.3, 0.4) is 0 Å². The monoisotopic (exact) mass is 280 g/mol. The molecule has 0 amide bonds. The zero-order valence-corrected chi connectivity index (χ0v) is 13.3. The van der Waals surface area contributed by atoms with E-state index < -0.39 is 7.82 Å². The summed E-state index contributed by atoms with van der Waals surface area (Å²) in [6.45, 7) is 0. The van der Waals surface area contributed by atoms with Gasteiger partial charge in [-0.15, -0.1) is 0 Å². The van der Waals surface area contributed by atoms with E-state index in [1.54, 1.807) is 0 Å². The first-order valence-electron chi connectivity index (χ1n) is 0.783. The molecule has 0 atom stereocenters. The van der Waals surface area contributed by atoms with Gasteiger partial charge in [-0.3, -0.25) is 0 Å². The molecule has 0 rings (SSSR count). The summed E-state index contributed by atoms with van der Waals surface area (Å²) in [7, 11) is -4.64. The van der Waals surface area contributed by atoms with Crippen LogP contribution in [0.15, 0.2) is 0 Å². The second-order valence-corrected chi connectivity index (χ2v) is 1.54. The van der Waals surface area contributed by atoms with Crippen LogP contribution in [0.1, 0.15) is 8.56 Å². The molecule has 52 valence electrons. The normalized spacial score (nSPS) is 6.56. The van der Waals surface area contributed by atoms with Crippen molar-refractivity contribution < 1.29 is 44.9 Å². The van der Waals surface area contributed by atoms with Crippen molar-refractivity contribution >= 4 is 121 Å². The van der Waals surface area contributed by atoms with Gasteiger partial charge in [-0.1, -0.05) is 0 Å². The van der Waals surface area contributed by atoms with E-state index in [0.29, 0.717) is 0 Å². The number of hydrogen-bond donors (Lipinski definition) is 3. The zero-order chi connectivity index (χ0) is 4.50. The number of rotatable bonds is 0. The Labute approximate surface area is 162 Å². The Kier molecular flexibility index (Phi) is 48.4. The van der Waals surface area contributed by atoms with Crippen LogP contribution in [0, 0.1) is 0 Å². The molecular weight excluding hydrogens is 271 g/mol. The van der Waals surface area contributed by atoms with E-state index in [1.165, 1.54) is 0 Å². The van der Waals surface area contributed by atoms with Crippen molar-refractivity contribution in [1.29, 1.82) is 0 Å². The van der Waals surface area contributed by atoms with Crippen LogP contribution in [-0.2, 0) is 21.6 Å². The van der Waals surface area contributed by atoms with Gasteiger partial charge in [-0.25, -0.2) is 4.57 Å². The second-order valence-electron chi connectivity index (χ2n) is 0.513. The molecule has 9 heavy (non-hydrogen) atoms. The fourth-order valence-corrected chi connectivity index (χ4v) is 0. The largest absolute Gasteiger partial charge is 2.00 e. The minimum absolute atomic E-state index is 0. The number of hydrogen-bond acceptors (Lipinski definition) is 1. The van der Waals surface area contributed by atoms with Crippen LogP contribution < -0.4 is 0 Å². The van der Waals surface area contributed by atoms with Gasteiger partial charge in [0.1, 0.15) is 0 Å². The van der Waals surface area contributed by atoms with Crippen molar-refractivity contribution in [3.8, 4) is 0 Å². The summed E-state index contributed by atoms with van der Waals surface area (Å²) in [6, 6.07) is 0. The molecule has 9 heteroatoms. The van der Waals surface area contributed by atoms with Crippen LogP contribution in [0.25, 0.3) is 0 Å². The van der Waals surface area contributed by atoms with E-state index in [4.69, 9.17) is 19.2 Å². The topological polar surface area (TPSA) is 77.8 Å². The van der Waals surface area contributed by atoms with Gasteiger partial charge in [0.25, 0.3) is 0 Å². The maximum atomic E-state index is 8.88. The van der Waals surface area contributed by atoms with Crippen LogP contribution >= 0.6 is 7.82 Å². The van der Waals surface area contributed by atoms with Crippen LogP contribution in [0.5, 0.6) is 0 Å². The molecule has 0 fully saturated rings. The van der Waals surface area contributed by atoms with Gasteiger partial charge in [0.15, 0.2) is 0 Å². The third-order valence-corrected chi connectivity index (χ3v) is 0. The van der Waals surface area contributed by atoms with Gasteiger partial charge in [0.2, 0.25) is 0 Å². The summed E-state index contributed by atoms with van der Waals surface area (Å²) in [4.78, 5) is 21.6. The predicted molar refractivity (Wildman–Crippen MR) is 38.2 cm³/mol. The molecule has 0 aliphatic rings. The summed E-state index contributed by atoms with van der Waals surface area (Å²) >= 11 is 0. The van der Waals surface area contributed by atoms with Crippen molar-refractivity contribution in [3.63, 3.8) is 0 Å². The molecule has 0 spiro atoms. The van der Waals surface area contributed by atoms with Gasteiger partial charge < -0.3 is 23.2 Å². The maximum Gasteiger partial charge on any atom is 2.00 e. The smallest absolute Gasteiger partial charge is 1.00 e. The minimum atomic E-state index is -4.64. The summed E-state index contributed by atoms with van der Waals surface area (Å²) in [6.07, 6.45) is 0. The Morgan fingerprint density at radius 1 is 1.00 bits per heavy atom. The minimum Gasteiger partial charge on any atom is -1.00 e. The molecule has 0 unspecified atom stereocenters. The van der Waals surface area contributed by atoms with Crippen molar-refractivity contribution in [2.24, 2.45) is 0 Å². The Hall–Kier alpha value is 4.41. The van der Waals surface area contributed by atoms with Gasteiger partial charge in [-0.2, -0.15) is 0 Å². The van der Waals surface area contributed by atoms with Crippen molar-refractivity contribution in [2.75, 3.05) is 0 Å². The van der Waals surface area contributed by atoms with Crippen molar-refractivity contribution in [2.45, 2.75) is 0 Å². The van der Waals surface area contributed by atoms with E-state index in [-0.39, 0.29) is 139 Å². The van der Waals surface area contributed by atoms with Crippen LogP contribution in [-0.4, -0.2) is 128 Å². The Morgan fingerprint density at radius 2 is 1.00 bits per heavy atom. The summed E-state index contributed by atoms with van der Waals surface area (Å²) < 4.78 is 8.88. The van der Waals surface area contributed by atoms with Crippen LogP contribution in [0.4, 0.5) is 0 Å². The van der Waals surface area contributed by atoms with Gasteiger partial charge >= 0.3 is 121 Å². The Morgan fingerprint density at radius 3 is 1.00 bits per heavy atom. The van der Waals surface area contributed by atoms with E-state index in [9.17, 15) is 0 Å². The average Bonchev–Trinajstić information content (AvgIpc) is 0.722. The molecule has 0 aliphatic carbocycles. The first-order valence-corrected chi connectivity index (χ1v) is 2.35. The fourth-order valence-electron chi connectivity index (χ4n) is 0. The van der Waals surface area contributed by atoms with Crippen LogP contribution in [0.2, 0.25) is 0 Å². The quantitative estimate of drug-likeness (QED) is 0.377. The van der Waals surface area contributed by atoms with E-state index >= 15 is 0 Å². The summed E-state index contributed by atoms with van der Waals surface area (Å²) in [5, 5.41) is 0. The average molecular weight is 280 g/mol. The first kappa shape index (κ1) is 29.2. The fraction of sp³-hybridized carbons (Fsp3) is 0. The first-order chi connectivity index (χ1) is 2.00. The molecule has 4 nitrogen and oxygen atoms in total. The second kappa shape index (κ2) is 14.9. The molecule has 0 aromatic carbocycles. The molecule has 0 saturated heterocycles. The standard InChI is InChI=1S/3Ca.Fe.H3O4P.6H/c;;;;1-5(2,3)4;;;;;;/h;;;;(H3,1,2,3,4);;;;;;/q3*+2;;;6*-1. The molecule has 0 heterocycles. The third kappa shape index (κ3) is 69.2. The molecule has 0 radical (unpaired) electrons. The molecule has 0 aromatic rings. The van der Waals surface area contributed by atoms with E-state index in [1.807, 2.05) is 0 Å². The molecule has 0 aromatic heterocycles. The van der Waals surface area contributed by atoms with Gasteiger partial charge in [-0.05, 0) is 0 Å². The predicted octanol–water partition coefficient (Wildman–Crippen LogP) is -1.40. The van der Waals surface area contributed by atoms with Crippen molar-refractivity contribution in [3.05, 3.63) is 0 Å². The van der Waals surface area contributed by atoms with Crippen molar-refractivity contribution in [1.82, 2.24) is 0 Å². The van der Waals surface area contributed by atoms with E-state index in [2.05, 4.69) is 0 Å². The molecular formula is H9Ca3FeO4P. The SMILES string of the molecule is O=P(O)(O)O.[Ca+2].[Ca+2].[Ca+2].[Fe].[H-].[H-].[H-].[H-].[H-].[H-]. The third-order valence-electron chi connectivity index (χ3n) is 0. The van der Waals surface area contributed by atoms with E-state index in [0.717, 1.165) is 0 Å². The van der Waals surface area contributed by atoms with Gasteiger partial charge in [0, 0.05) is 17.1 Å². The molecule has 0 bridgehead atoms. The Bertz CT molecular complexity index is 76.5. The van der Waals surface area contributed by atoms with Gasteiger partial charge in [0.05, 0.1) is 0 Å². The summed E-state index contributed by atoms with van der Waals surface area (Å²) in [5.74, 6) is 0. The molecule has 0 aliphatic heterocycles. The molecule has 0 saturated carbocycles. The summed E-state index contributed by atoms with van der Waals surface area (Å²) in [5.41, 5.74) is 0. The Balaban J connectivity index is -0.00000000178. The maximum absolute atomic E-state index is 8.88. The number of phosphoric acid groups is 1.